The van der Waals surface area contributed by atoms with E-state index in [1.807, 2.05) is 0 Å². The number of amides is 1. The lowest BCUT2D eigenvalue weighted by Gasteiger charge is -2.10. The third kappa shape index (κ3) is 4.73. The van der Waals surface area contributed by atoms with Gasteiger partial charge in [0.15, 0.2) is 0 Å². The van der Waals surface area contributed by atoms with Crippen molar-refractivity contribution in [2.45, 2.75) is 24.3 Å². The number of anilines is 1. The zero-order valence-corrected chi connectivity index (χ0v) is 15.5. The number of nitrogens with one attached hydrogen (secondary N) is 2. The molecule has 2 N–H and O–H groups in total. The standard InChI is InChI=1S/C17H16Cl2N2O3S/c18-13-6-7-15(19)16(9-13)25(23,24)20-10-11-2-1-3-14(8-11)21-17(22)12-4-5-12/h1-3,6-9,12,20H,4-5,10H2,(H,21,22). The quantitative estimate of drug-likeness (QED) is 0.776. The summed E-state index contributed by atoms with van der Waals surface area (Å²) in [6.07, 6.45) is 1.84. The fourth-order valence-electron chi connectivity index (χ4n) is 2.29. The van der Waals surface area contributed by atoms with E-state index in [2.05, 4.69) is 10.0 Å². The zero-order chi connectivity index (χ0) is 18.0. The number of hydrogen-bond donors (Lipinski definition) is 2. The molecule has 2 aromatic rings. The first-order chi connectivity index (χ1) is 11.8. The molecule has 0 aromatic heterocycles. The lowest BCUT2D eigenvalue weighted by atomic mass is 10.2. The lowest BCUT2D eigenvalue weighted by Crippen LogP contribution is -2.23. The van der Waals surface area contributed by atoms with Crippen LogP contribution in [-0.4, -0.2) is 14.3 Å². The van der Waals surface area contributed by atoms with Crippen molar-refractivity contribution >= 4 is 44.8 Å². The molecule has 0 unspecified atom stereocenters. The Labute approximate surface area is 156 Å². The van der Waals surface area contributed by atoms with Crippen LogP contribution >= 0.6 is 23.2 Å². The van der Waals surface area contributed by atoms with Crippen LogP contribution in [-0.2, 0) is 21.4 Å². The van der Waals surface area contributed by atoms with Gasteiger partial charge in [-0.3, -0.25) is 4.79 Å². The molecule has 1 aliphatic carbocycles. The molecule has 0 saturated heterocycles. The summed E-state index contributed by atoms with van der Waals surface area (Å²) in [7, 11) is -3.80. The molecule has 2 aromatic carbocycles. The maximum Gasteiger partial charge on any atom is 0.242 e. The van der Waals surface area contributed by atoms with Crippen LogP contribution in [0.25, 0.3) is 0 Å². The van der Waals surface area contributed by atoms with Crippen LogP contribution in [0.15, 0.2) is 47.4 Å². The summed E-state index contributed by atoms with van der Waals surface area (Å²) in [5.41, 5.74) is 1.37. The molecule has 0 heterocycles. The van der Waals surface area contributed by atoms with Crippen LogP contribution < -0.4 is 10.0 Å². The predicted molar refractivity (Wildman–Crippen MR) is 98.3 cm³/mol. The number of benzene rings is 2. The van der Waals surface area contributed by atoms with Crippen molar-refractivity contribution in [1.82, 2.24) is 4.72 Å². The van der Waals surface area contributed by atoms with Gasteiger partial charge >= 0.3 is 0 Å². The lowest BCUT2D eigenvalue weighted by molar-refractivity contribution is -0.117. The van der Waals surface area contributed by atoms with E-state index in [0.717, 1.165) is 18.4 Å². The molecule has 1 amide bonds. The van der Waals surface area contributed by atoms with Crippen molar-refractivity contribution in [3.63, 3.8) is 0 Å². The Bertz CT molecular complexity index is 912. The van der Waals surface area contributed by atoms with Crippen molar-refractivity contribution < 1.29 is 13.2 Å². The van der Waals surface area contributed by atoms with E-state index < -0.39 is 10.0 Å². The number of rotatable bonds is 6. The highest BCUT2D eigenvalue weighted by molar-refractivity contribution is 7.89. The monoisotopic (exact) mass is 398 g/mol. The van der Waals surface area contributed by atoms with E-state index in [9.17, 15) is 13.2 Å². The van der Waals surface area contributed by atoms with Crippen LogP contribution in [0.2, 0.25) is 10.0 Å². The Hall–Kier alpha value is -1.60. The summed E-state index contributed by atoms with van der Waals surface area (Å²) in [6, 6.07) is 11.3. The van der Waals surface area contributed by atoms with E-state index in [1.54, 1.807) is 24.3 Å². The Morgan fingerprint density at radius 2 is 1.88 bits per heavy atom. The number of sulfonamides is 1. The van der Waals surface area contributed by atoms with Gasteiger partial charge in [-0.25, -0.2) is 13.1 Å². The summed E-state index contributed by atoms with van der Waals surface area (Å²) in [4.78, 5) is 11.7. The van der Waals surface area contributed by atoms with Gasteiger partial charge < -0.3 is 5.32 Å². The van der Waals surface area contributed by atoms with E-state index in [4.69, 9.17) is 23.2 Å². The van der Waals surface area contributed by atoms with Crippen molar-refractivity contribution in [2.24, 2.45) is 5.92 Å². The van der Waals surface area contributed by atoms with Gasteiger partial charge in [-0.2, -0.15) is 0 Å². The van der Waals surface area contributed by atoms with Crippen molar-refractivity contribution in [3.8, 4) is 0 Å². The Balaban J connectivity index is 1.70. The minimum Gasteiger partial charge on any atom is -0.326 e. The largest absolute Gasteiger partial charge is 0.326 e. The average Bonchev–Trinajstić information content (AvgIpc) is 3.41. The molecule has 25 heavy (non-hydrogen) atoms. The van der Waals surface area contributed by atoms with E-state index >= 15 is 0 Å². The Morgan fingerprint density at radius 3 is 2.60 bits per heavy atom. The minimum absolute atomic E-state index is 0.00319. The summed E-state index contributed by atoms with van der Waals surface area (Å²) in [5, 5.41) is 3.22. The fourth-order valence-corrected chi connectivity index (χ4v) is 4.07. The predicted octanol–water partition coefficient (Wildman–Crippen LogP) is 3.82. The van der Waals surface area contributed by atoms with Gasteiger partial charge in [-0.15, -0.1) is 0 Å². The smallest absolute Gasteiger partial charge is 0.242 e. The summed E-state index contributed by atoms with van der Waals surface area (Å²) >= 11 is 11.8. The summed E-state index contributed by atoms with van der Waals surface area (Å²) in [6.45, 7) is 0.0678. The van der Waals surface area contributed by atoms with Crippen molar-refractivity contribution in [3.05, 3.63) is 58.1 Å². The number of halogens is 2. The molecule has 1 aliphatic rings. The van der Waals surface area contributed by atoms with Crippen LogP contribution in [0.3, 0.4) is 0 Å². The van der Waals surface area contributed by atoms with Gasteiger partial charge in [0.25, 0.3) is 0 Å². The van der Waals surface area contributed by atoms with Crippen LogP contribution in [0.5, 0.6) is 0 Å². The molecular formula is C17H16Cl2N2O3S. The SMILES string of the molecule is O=C(Nc1cccc(CNS(=O)(=O)c2cc(Cl)ccc2Cl)c1)C1CC1. The Kier molecular flexibility index (Phi) is 5.34. The highest BCUT2D eigenvalue weighted by Crippen LogP contribution is 2.30. The van der Waals surface area contributed by atoms with Gasteiger partial charge in [-0.1, -0.05) is 35.3 Å². The summed E-state index contributed by atoms with van der Waals surface area (Å²) < 4.78 is 27.3. The first-order valence-electron chi connectivity index (χ1n) is 7.70. The third-order valence-corrected chi connectivity index (χ3v) is 5.91. The maximum absolute atomic E-state index is 12.4. The third-order valence-electron chi connectivity index (χ3n) is 3.79. The fraction of sp³-hybridized carbons (Fsp3) is 0.235. The summed E-state index contributed by atoms with van der Waals surface area (Å²) in [5.74, 6) is 0.107. The van der Waals surface area contributed by atoms with Crippen LogP contribution in [0, 0.1) is 5.92 Å². The highest BCUT2D eigenvalue weighted by Gasteiger charge is 2.29. The molecule has 5 nitrogen and oxygen atoms in total. The number of carbonyl (C=O) groups is 1. The minimum atomic E-state index is -3.80. The van der Waals surface area contributed by atoms with Gasteiger partial charge in [-0.05, 0) is 48.7 Å². The number of hydrogen-bond acceptors (Lipinski definition) is 3. The maximum atomic E-state index is 12.4. The van der Waals surface area contributed by atoms with Crippen molar-refractivity contribution in [1.29, 1.82) is 0 Å². The zero-order valence-electron chi connectivity index (χ0n) is 13.1. The molecule has 0 spiro atoms. The second kappa shape index (κ2) is 7.33. The van der Waals surface area contributed by atoms with Gasteiger partial charge in [0.1, 0.15) is 4.90 Å². The van der Waals surface area contributed by atoms with Crippen molar-refractivity contribution in [2.75, 3.05) is 5.32 Å². The molecule has 8 heteroatoms. The van der Waals surface area contributed by atoms with E-state index in [0.29, 0.717) is 5.69 Å². The highest BCUT2D eigenvalue weighted by atomic mass is 35.5. The Morgan fingerprint density at radius 1 is 1.12 bits per heavy atom. The van der Waals surface area contributed by atoms with E-state index in [1.165, 1.54) is 18.2 Å². The van der Waals surface area contributed by atoms with Gasteiger partial charge in [0, 0.05) is 23.2 Å². The number of carbonyl (C=O) groups excluding carboxylic acids is 1. The second-order valence-electron chi connectivity index (χ2n) is 5.86. The molecular weight excluding hydrogens is 383 g/mol. The molecule has 0 atom stereocenters. The normalized spacial score (nSPS) is 14.3. The topological polar surface area (TPSA) is 75.3 Å². The molecule has 1 saturated carbocycles. The average molecular weight is 399 g/mol. The van der Waals surface area contributed by atoms with E-state index in [-0.39, 0.29) is 33.3 Å². The van der Waals surface area contributed by atoms with Crippen LogP contribution in [0.4, 0.5) is 5.69 Å². The van der Waals surface area contributed by atoms with Crippen LogP contribution in [0.1, 0.15) is 18.4 Å². The van der Waals surface area contributed by atoms with Gasteiger partial charge in [0.2, 0.25) is 15.9 Å². The molecule has 132 valence electrons. The second-order valence-corrected chi connectivity index (χ2v) is 8.44. The first kappa shape index (κ1) is 18.2. The molecule has 1 fully saturated rings. The first-order valence-corrected chi connectivity index (χ1v) is 9.93. The molecule has 0 radical (unpaired) electrons. The molecule has 0 bridgehead atoms. The molecule has 0 aliphatic heterocycles. The molecule has 3 rings (SSSR count). The van der Waals surface area contributed by atoms with Gasteiger partial charge in [0.05, 0.1) is 5.02 Å².